The lowest BCUT2D eigenvalue weighted by molar-refractivity contribution is -0.116. The van der Waals surface area contributed by atoms with Gasteiger partial charge in [0.15, 0.2) is 11.5 Å². The topological polar surface area (TPSA) is 101 Å². The lowest BCUT2D eigenvalue weighted by Crippen LogP contribution is -2.26. The Morgan fingerprint density at radius 2 is 1.96 bits per heavy atom. The smallest absolute Gasteiger partial charge is 0.233 e. The van der Waals surface area contributed by atoms with Gasteiger partial charge in [-0.3, -0.25) is 4.79 Å². The molecule has 0 unspecified atom stereocenters. The molecule has 0 saturated heterocycles. The quantitative estimate of drug-likeness (QED) is 0.651. The lowest BCUT2D eigenvalue weighted by Gasteiger charge is -2.05. The van der Waals surface area contributed by atoms with E-state index in [1.54, 1.807) is 37.3 Å². The molecule has 7 nitrogen and oxygen atoms in total. The second kappa shape index (κ2) is 8.15. The van der Waals surface area contributed by atoms with Gasteiger partial charge in [0.1, 0.15) is 5.52 Å². The van der Waals surface area contributed by atoms with Crippen LogP contribution < -0.4 is 10.0 Å². The van der Waals surface area contributed by atoms with Crippen LogP contribution in [0.25, 0.3) is 17.2 Å². The number of hydrogen-bond donors (Lipinski definition) is 2. The predicted octanol–water partition coefficient (Wildman–Crippen LogP) is 3.06. The Hall–Kier alpha value is -2.97. The van der Waals surface area contributed by atoms with E-state index in [-0.39, 0.29) is 18.9 Å². The first-order valence-corrected chi connectivity index (χ1v) is 9.86. The predicted molar refractivity (Wildman–Crippen MR) is 104 cm³/mol. The second-order valence-corrected chi connectivity index (χ2v) is 7.52. The first-order valence-electron chi connectivity index (χ1n) is 8.31. The van der Waals surface area contributed by atoms with Gasteiger partial charge in [-0.1, -0.05) is 30.3 Å². The fraction of sp³-hybridized carbons (Fsp3) is 0.158. The van der Waals surface area contributed by atoms with Crippen molar-refractivity contribution in [2.24, 2.45) is 0 Å². The van der Waals surface area contributed by atoms with E-state index in [1.807, 2.05) is 18.2 Å². The van der Waals surface area contributed by atoms with Gasteiger partial charge in [-0.25, -0.2) is 18.1 Å². The minimum absolute atomic E-state index is 0.00302. The molecule has 1 amide bonds. The number of sulfonamides is 1. The highest BCUT2D eigenvalue weighted by atomic mass is 32.2. The Kier molecular flexibility index (Phi) is 5.68. The van der Waals surface area contributed by atoms with E-state index >= 15 is 0 Å². The average molecular weight is 385 g/mol. The SMILES string of the molecule is Cc1nc2ccc(NC(=O)CCNS(=O)(=O)C=Cc3ccccc3)cc2o1. The van der Waals surface area contributed by atoms with Crippen LogP contribution in [-0.4, -0.2) is 25.9 Å². The monoisotopic (exact) mass is 385 g/mol. The summed E-state index contributed by atoms with van der Waals surface area (Å²) < 4.78 is 31.7. The molecule has 1 aromatic heterocycles. The van der Waals surface area contributed by atoms with Gasteiger partial charge in [-0.05, 0) is 23.8 Å². The van der Waals surface area contributed by atoms with Gasteiger partial charge in [-0.2, -0.15) is 0 Å². The molecule has 140 valence electrons. The molecule has 27 heavy (non-hydrogen) atoms. The lowest BCUT2D eigenvalue weighted by atomic mass is 10.2. The number of nitrogens with zero attached hydrogens (tertiary/aromatic N) is 1. The Morgan fingerprint density at radius 3 is 2.74 bits per heavy atom. The third-order valence-electron chi connectivity index (χ3n) is 3.67. The maximum absolute atomic E-state index is 12.0. The summed E-state index contributed by atoms with van der Waals surface area (Å²) in [6, 6.07) is 14.2. The highest BCUT2D eigenvalue weighted by Gasteiger charge is 2.09. The van der Waals surface area contributed by atoms with Crippen LogP contribution in [0.1, 0.15) is 17.9 Å². The summed E-state index contributed by atoms with van der Waals surface area (Å²) in [4.78, 5) is 16.2. The summed E-state index contributed by atoms with van der Waals surface area (Å²) in [5.74, 6) is 0.242. The largest absolute Gasteiger partial charge is 0.441 e. The first kappa shape index (κ1) is 18.8. The van der Waals surface area contributed by atoms with Crippen molar-refractivity contribution in [1.29, 1.82) is 0 Å². The highest BCUT2D eigenvalue weighted by molar-refractivity contribution is 7.92. The molecule has 3 aromatic rings. The van der Waals surface area contributed by atoms with E-state index in [9.17, 15) is 13.2 Å². The maximum Gasteiger partial charge on any atom is 0.233 e. The molecule has 0 saturated carbocycles. The van der Waals surface area contributed by atoms with E-state index < -0.39 is 10.0 Å². The maximum atomic E-state index is 12.0. The van der Waals surface area contributed by atoms with Crippen LogP contribution in [0.3, 0.4) is 0 Å². The number of anilines is 1. The van der Waals surface area contributed by atoms with E-state index in [0.29, 0.717) is 22.7 Å². The summed E-state index contributed by atoms with van der Waals surface area (Å²) >= 11 is 0. The zero-order valence-electron chi connectivity index (χ0n) is 14.7. The standard InChI is InChI=1S/C19H19N3O4S/c1-14-21-17-8-7-16(13-18(17)26-14)22-19(23)9-11-20-27(24,25)12-10-15-5-3-2-4-6-15/h2-8,10,12-13,20H,9,11H2,1H3,(H,22,23). The summed E-state index contributed by atoms with van der Waals surface area (Å²) in [6.07, 6.45) is 1.50. The van der Waals surface area contributed by atoms with Crippen molar-refractivity contribution < 1.29 is 17.6 Å². The molecule has 0 aliphatic rings. The number of benzene rings is 2. The molecule has 0 aliphatic heterocycles. The Labute approximate surface area is 157 Å². The van der Waals surface area contributed by atoms with Crippen molar-refractivity contribution in [2.45, 2.75) is 13.3 Å². The summed E-state index contributed by atoms with van der Waals surface area (Å²) in [7, 11) is -3.61. The van der Waals surface area contributed by atoms with Crippen molar-refractivity contribution in [3.63, 3.8) is 0 Å². The van der Waals surface area contributed by atoms with Gasteiger partial charge in [0.2, 0.25) is 15.9 Å². The number of fused-ring (bicyclic) bond motifs is 1. The molecule has 2 N–H and O–H groups in total. The molecule has 8 heteroatoms. The Bertz CT molecular complexity index is 1070. The molecular formula is C19H19N3O4S. The van der Waals surface area contributed by atoms with Crippen LogP contribution in [0.4, 0.5) is 5.69 Å². The molecule has 0 fully saturated rings. The van der Waals surface area contributed by atoms with Crippen LogP contribution in [0.5, 0.6) is 0 Å². The van der Waals surface area contributed by atoms with E-state index in [1.165, 1.54) is 6.08 Å². The number of rotatable bonds is 7. The number of oxazole rings is 1. The van der Waals surface area contributed by atoms with E-state index in [4.69, 9.17) is 4.42 Å². The molecule has 0 atom stereocenters. The molecule has 0 radical (unpaired) electrons. The van der Waals surface area contributed by atoms with Gasteiger partial charge >= 0.3 is 0 Å². The number of carbonyl (C=O) groups is 1. The minimum Gasteiger partial charge on any atom is -0.441 e. The van der Waals surface area contributed by atoms with E-state index in [2.05, 4.69) is 15.0 Å². The number of nitrogens with one attached hydrogen (secondary N) is 2. The van der Waals surface area contributed by atoms with Crippen LogP contribution in [-0.2, 0) is 14.8 Å². The average Bonchev–Trinajstić information content (AvgIpc) is 3.00. The minimum atomic E-state index is -3.61. The zero-order chi connectivity index (χ0) is 19.3. The van der Waals surface area contributed by atoms with Crippen molar-refractivity contribution >= 4 is 38.8 Å². The van der Waals surface area contributed by atoms with Crippen molar-refractivity contribution in [3.8, 4) is 0 Å². The highest BCUT2D eigenvalue weighted by Crippen LogP contribution is 2.19. The van der Waals surface area contributed by atoms with Gasteiger partial charge in [-0.15, -0.1) is 0 Å². The van der Waals surface area contributed by atoms with Gasteiger partial charge in [0, 0.05) is 37.1 Å². The van der Waals surface area contributed by atoms with Crippen molar-refractivity contribution in [2.75, 3.05) is 11.9 Å². The second-order valence-electron chi connectivity index (χ2n) is 5.87. The molecule has 3 rings (SSSR count). The number of carbonyl (C=O) groups excluding carboxylic acids is 1. The number of aryl methyl sites for hydroxylation is 1. The number of aromatic nitrogens is 1. The zero-order valence-corrected chi connectivity index (χ0v) is 15.5. The molecule has 1 heterocycles. The Morgan fingerprint density at radius 1 is 1.19 bits per heavy atom. The van der Waals surface area contributed by atoms with Crippen LogP contribution in [0.2, 0.25) is 0 Å². The fourth-order valence-electron chi connectivity index (χ4n) is 2.43. The number of hydrogen-bond acceptors (Lipinski definition) is 5. The van der Waals surface area contributed by atoms with E-state index in [0.717, 1.165) is 11.0 Å². The van der Waals surface area contributed by atoms with Gasteiger partial charge in [0.05, 0.1) is 0 Å². The fourth-order valence-corrected chi connectivity index (χ4v) is 3.25. The van der Waals surface area contributed by atoms with Crippen LogP contribution in [0, 0.1) is 6.92 Å². The molecule has 0 aliphatic carbocycles. The van der Waals surface area contributed by atoms with Gasteiger partial charge < -0.3 is 9.73 Å². The third-order valence-corrected chi connectivity index (χ3v) is 4.77. The van der Waals surface area contributed by atoms with Crippen LogP contribution >= 0.6 is 0 Å². The molecule has 2 aromatic carbocycles. The molecule has 0 spiro atoms. The summed E-state index contributed by atoms with van der Waals surface area (Å²) in [5, 5.41) is 3.79. The Balaban J connectivity index is 1.50. The summed E-state index contributed by atoms with van der Waals surface area (Å²) in [5.41, 5.74) is 2.63. The molecule has 0 bridgehead atoms. The molecular weight excluding hydrogens is 366 g/mol. The van der Waals surface area contributed by atoms with Crippen LogP contribution in [0.15, 0.2) is 58.4 Å². The van der Waals surface area contributed by atoms with Gasteiger partial charge in [0.25, 0.3) is 0 Å². The van der Waals surface area contributed by atoms with Crippen molar-refractivity contribution in [3.05, 3.63) is 65.4 Å². The normalized spacial score (nSPS) is 11.9. The van der Waals surface area contributed by atoms with Crippen molar-refractivity contribution in [1.82, 2.24) is 9.71 Å². The number of amides is 1. The third kappa shape index (κ3) is 5.50. The summed E-state index contributed by atoms with van der Waals surface area (Å²) in [6.45, 7) is 1.74. The first-order chi connectivity index (χ1) is 12.9.